The second-order valence-corrected chi connectivity index (χ2v) is 9.04. The van der Waals surface area contributed by atoms with E-state index in [1.54, 1.807) is 30.3 Å². The van der Waals surface area contributed by atoms with Crippen LogP contribution in [-0.4, -0.2) is 81.7 Å². The summed E-state index contributed by atoms with van der Waals surface area (Å²) in [6.07, 6.45) is 3.39. The van der Waals surface area contributed by atoms with E-state index < -0.39 is 0 Å². The molecule has 1 aliphatic heterocycles. The normalized spacial score (nSPS) is 16.5. The molecule has 1 amide bonds. The van der Waals surface area contributed by atoms with Crippen molar-refractivity contribution in [3.05, 3.63) is 22.4 Å². The van der Waals surface area contributed by atoms with Crippen LogP contribution in [0.15, 0.2) is 22.5 Å². The first-order valence-electron chi connectivity index (χ1n) is 11.1. The van der Waals surface area contributed by atoms with Crippen molar-refractivity contribution in [3.63, 3.8) is 0 Å². The number of hydrogen-bond acceptors (Lipinski definition) is 5. The van der Waals surface area contributed by atoms with Gasteiger partial charge in [0.15, 0.2) is 5.96 Å². The zero-order valence-electron chi connectivity index (χ0n) is 19.4. The molecular weight excluding hydrogens is 525 g/mol. The van der Waals surface area contributed by atoms with Gasteiger partial charge in [-0.15, -0.1) is 35.3 Å². The van der Waals surface area contributed by atoms with Gasteiger partial charge < -0.3 is 20.3 Å². The minimum absolute atomic E-state index is 0. The lowest BCUT2D eigenvalue weighted by atomic mass is 9.97. The molecule has 1 unspecified atom stereocenters. The van der Waals surface area contributed by atoms with Crippen LogP contribution in [-0.2, 0) is 9.53 Å². The molecule has 1 aromatic rings. The Morgan fingerprint density at radius 1 is 1.35 bits per heavy atom. The lowest BCUT2D eigenvalue weighted by molar-refractivity contribution is -0.127. The minimum atomic E-state index is -0.00904. The summed E-state index contributed by atoms with van der Waals surface area (Å²) < 4.78 is 5.41. The summed E-state index contributed by atoms with van der Waals surface area (Å²) in [5, 5.41) is 9.00. The van der Waals surface area contributed by atoms with E-state index in [4.69, 9.17) is 4.74 Å². The molecule has 0 saturated carbocycles. The van der Waals surface area contributed by atoms with Gasteiger partial charge in [0, 0.05) is 45.3 Å². The number of carbonyl (C=O) groups excluding carboxylic acids is 1. The lowest BCUT2D eigenvalue weighted by Gasteiger charge is -2.36. The second-order valence-electron chi connectivity index (χ2n) is 8.06. The zero-order chi connectivity index (χ0) is 21.8. The highest BCUT2D eigenvalue weighted by atomic mass is 127. The van der Waals surface area contributed by atoms with Gasteiger partial charge in [-0.2, -0.15) is 0 Å². The smallest absolute Gasteiger partial charge is 0.243 e. The number of likely N-dealkylation sites (tertiary alicyclic amines) is 1. The molecular formula is C22H40IN5O2S. The van der Waals surface area contributed by atoms with Crippen LogP contribution < -0.4 is 10.6 Å². The number of hydrogen-bond donors (Lipinski definition) is 2. The Balaban J connectivity index is 0.00000480. The molecule has 9 heteroatoms. The fourth-order valence-corrected chi connectivity index (χ4v) is 4.27. The minimum Gasteiger partial charge on any atom is -0.382 e. The van der Waals surface area contributed by atoms with Crippen molar-refractivity contribution in [2.24, 2.45) is 10.9 Å². The van der Waals surface area contributed by atoms with Crippen LogP contribution >= 0.6 is 35.3 Å². The maximum atomic E-state index is 12.0. The number of guanidine groups is 1. The first-order valence-corrected chi connectivity index (χ1v) is 12.0. The van der Waals surface area contributed by atoms with E-state index in [0.717, 1.165) is 51.7 Å². The predicted octanol–water partition coefficient (Wildman–Crippen LogP) is 3.19. The fraction of sp³-hybridized carbons (Fsp3) is 0.727. The number of amides is 1. The van der Waals surface area contributed by atoms with E-state index in [2.05, 4.69) is 45.0 Å². The number of thiophene rings is 1. The summed E-state index contributed by atoms with van der Waals surface area (Å²) in [6.45, 7) is 9.70. The average molecular weight is 566 g/mol. The Bertz CT molecular complexity index is 634. The van der Waals surface area contributed by atoms with E-state index in [-0.39, 0.29) is 36.4 Å². The number of nitrogens with one attached hydrogen (secondary N) is 2. The Morgan fingerprint density at radius 3 is 2.71 bits per heavy atom. The van der Waals surface area contributed by atoms with Crippen LogP contribution in [0.3, 0.4) is 0 Å². The molecule has 2 rings (SSSR count). The van der Waals surface area contributed by atoms with Crippen molar-refractivity contribution in [3.8, 4) is 0 Å². The first kappa shape index (κ1) is 28.1. The van der Waals surface area contributed by atoms with Crippen LogP contribution in [0.5, 0.6) is 0 Å². The summed E-state index contributed by atoms with van der Waals surface area (Å²) in [7, 11) is 3.51. The number of carbonyl (C=O) groups is 1. The molecule has 1 aliphatic rings. The number of ether oxygens (including phenoxy) is 1. The molecule has 1 atom stereocenters. The van der Waals surface area contributed by atoms with Gasteiger partial charge in [-0.05, 0) is 56.6 Å². The van der Waals surface area contributed by atoms with E-state index in [1.165, 1.54) is 17.7 Å². The van der Waals surface area contributed by atoms with E-state index in [0.29, 0.717) is 12.0 Å². The summed E-state index contributed by atoms with van der Waals surface area (Å²) in [5.41, 5.74) is 0. The topological polar surface area (TPSA) is 69.2 Å². The van der Waals surface area contributed by atoms with Crippen LogP contribution in [0.4, 0.5) is 0 Å². The van der Waals surface area contributed by atoms with E-state index in [1.807, 2.05) is 6.92 Å². The summed E-state index contributed by atoms with van der Waals surface area (Å²) >= 11 is 1.81. The van der Waals surface area contributed by atoms with Crippen LogP contribution in [0.1, 0.15) is 44.0 Å². The van der Waals surface area contributed by atoms with Gasteiger partial charge in [0.1, 0.15) is 6.54 Å². The molecule has 0 spiro atoms. The number of likely N-dealkylation sites (N-methyl/N-ethyl adjacent to an activating group) is 1. The molecule has 1 fully saturated rings. The highest BCUT2D eigenvalue weighted by molar-refractivity contribution is 14.0. The molecule has 0 radical (unpaired) electrons. The molecule has 1 saturated heterocycles. The third-order valence-corrected chi connectivity index (χ3v) is 6.40. The van der Waals surface area contributed by atoms with Gasteiger partial charge in [0.05, 0.1) is 6.04 Å². The van der Waals surface area contributed by atoms with Gasteiger partial charge in [-0.1, -0.05) is 13.0 Å². The molecule has 1 aromatic heterocycles. The van der Waals surface area contributed by atoms with Crippen molar-refractivity contribution in [1.82, 2.24) is 20.4 Å². The van der Waals surface area contributed by atoms with Gasteiger partial charge in [-0.3, -0.25) is 9.69 Å². The standard InChI is InChI=1S/C22H39N5O2S.HI/c1-5-29-14-7-11-23-22(25-17-21(28)26(3)4)24-16-19(20-8-6-15-30-20)27-12-9-18(2)10-13-27;/h6,8,15,18-19H,5,7,9-14,16-17H2,1-4H3,(H2,23,24,25);1H. The monoisotopic (exact) mass is 565 g/mol. The number of halogens is 1. The first-order chi connectivity index (χ1) is 14.5. The Hall–Kier alpha value is -0.910. The zero-order valence-corrected chi connectivity index (χ0v) is 22.6. The van der Waals surface area contributed by atoms with Crippen molar-refractivity contribution in [1.29, 1.82) is 0 Å². The van der Waals surface area contributed by atoms with Crippen LogP contribution in [0, 0.1) is 5.92 Å². The Labute approximate surface area is 209 Å². The summed E-state index contributed by atoms with van der Waals surface area (Å²) in [5.74, 6) is 1.48. The third kappa shape index (κ3) is 10.5. The lowest BCUT2D eigenvalue weighted by Crippen LogP contribution is -2.45. The maximum Gasteiger partial charge on any atom is 0.243 e. The molecule has 0 aromatic carbocycles. The molecule has 0 bridgehead atoms. The maximum absolute atomic E-state index is 12.0. The van der Waals surface area contributed by atoms with Crippen molar-refractivity contribution < 1.29 is 9.53 Å². The molecule has 2 N–H and O–H groups in total. The number of aliphatic imine (C=N–C) groups is 1. The largest absolute Gasteiger partial charge is 0.382 e. The summed E-state index contributed by atoms with van der Waals surface area (Å²) in [6, 6.07) is 4.66. The Morgan fingerprint density at radius 2 is 2.10 bits per heavy atom. The quantitative estimate of drug-likeness (QED) is 0.187. The SMILES string of the molecule is CCOCCCNC(=NCC(=O)N(C)C)NCC(c1cccs1)N1CCC(C)CC1.I. The van der Waals surface area contributed by atoms with Gasteiger partial charge in [0.2, 0.25) is 5.91 Å². The molecule has 0 aliphatic carbocycles. The molecule has 31 heavy (non-hydrogen) atoms. The molecule has 178 valence electrons. The Kier molecular flexibility index (Phi) is 14.4. The van der Waals surface area contributed by atoms with Gasteiger partial charge in [-0.25, -0.2) is 4.99 Å². The summed E-state index contributed by atoms with van der Waals surface area (Å²) in [4.78, 5) is 22.0. The van der Waals surface area contributed by atoms with Crippen LogP contribution in [0.25, 0.3) is 0 Å². The van der Waals surface area contributed by atoms with E-state index >= 15 is 0 Å². The third-order valence-electron chi connectivity index (χ3n) is 5.43. The number of piperidine rings is 1. The highest BCUT2D eigenvalue weighted by Crippen LogP contribution is 2.29. The molecule has 2 heterocycles. The van der Waals surface area contributed by atoms with Crippen molar-refractivity contribution in [2.45, 2.75) is 39.2 Å². The van der Waals surface area contributed by atoms with Gasteiger partial charge >= 0.3 is 0 Å². The average Bonchev–Trinajstić information content (AvgIpc) is 3.26. The number of nitrogens with zero attached hydrogens (tertiary/aromatic N) is 3. The second kappa shape index (κ2) is 15.8. The number of rotatable bonds is 11. The van der Waals surface area contributed by atoms with Gasteiger partial charge in [0.25, 0.3) is 0 Å². The molecule has 7 nitrogen and oxygen atoms in total. The van der Waals surface area contributed by atoms with Crippen molar-refractivity contribution in [2.75, 3.05) is 60.0 Å². The fourth-order valence-electron chi connectivity index (χ4n) is 3.41. The highest BCUT2D eigenvalue weighted by Gasteiger charge is 2.25. The van der Waals surface area contributed by atoms with Crippen molar-refractivity contribution >= 4 is 47.2 Å². The predicted molar refractivity (Wildman–Crippen MR) is 141 cm³/mol. The van der Waals surface area contributed by atoms with E-state index in [9.17, 15) is 4.79 Å². The van der Waals surface area contributed by atoms with Crippen LogP contribution in [0.2, 0.25) is 0 Å².